The molecule has 2 aromatic carbocycles. The van der Waals surface area contributed by atoms with E-state index in [1.807, 2.05) is 0 Å². The Balaban J connectivity index is 1.82. The van der Waals surface area contributed by atoms with Crippen LogP contribution in [0, 0.1) is 0 Å². The van der Waals surface area contributed by atoms with Gasteiger partial charge in [-0.25, -0.2) is 13.2 Å². The smallest absolute Gasteiger partial charge is 0.349 e. The summed E-state index contributed by atoms with van der Waals surface area (Å²) in [6.45, 7) is 0. The third-order valence-electron chi connectivity index (χ3n) is 3.38. The number of benzene rings is 2. The van der Waals surface area contributed by atoms with Crippen LogP contribution in [-0.4, -0.2) is 29.2 Å². The van der Waals surface area contributed by atoms with Crippen molar-refractivity contribution in [3.05, 3.63) is 65.2 Å². The van der Waals surface area contributed by atoms with Crippen molar-refractivity contribution in [3.8, 4) is 0 Å². The van der Waals surface area contributed by atoms with E-state index >= 15 is 0 Å². The molecule has 0 aliphatic heterocycles. The predicted octanol–water partition coefficient (Wildman–Crippen LogP) is 2.57. The molecule has 0 aliphatic rings. The lowest BCUT2D eigenvalue weighted by atomic mass is 10.2. The first kappa shape index (κ1) is 17.9. The molecular weight excluding hydrogens is 378 g/mol. The number of rotatable bonds is 4. The van der Waals surface area contributed by atoms with Gasteiger partial charge < -0.3 is 11.1 Å². The van der Waals surface area contributed by atoms with Gasteiger partial charge in [0, 0.05) is 10.7 Å². The molecular formula is C16H14ClN5O3S. The maximum atomic E-state index is 12.4. The van der Waals surface area contributed by atoms with E-state index in [1.165, 1.54) is 0 Å². The van der Waals surface area contributed by atoms with Crippen molar-refractivity contribution in [2.45, 2.75) is 10.9 Å². The predicted molar refractivity (Wildman–Crippen MR) is 97.6 cm³/mol. The van der Waals surface area contributed by atoms with Gasteiger partial charge in [0.25, 0.3) is 5.16 Å². The Bertz CT molecular complexity index is 1030. The first-order valence-electron chi connectivity index (χ1n) is 7.41. The molecule has 1 amide bonds. The van der Waals surface area contributed by atoms with Gasteiger partial charge in [0.1, 0.15) is 0 Å². The average Bonchev–Trinajstić information content (AvgIpc) is 3.00. The van der Waals surface area contributed by atoms with E-state index in [9.17, 15) is 13.2 Å². The van der Waals surface area contributed by atoms with E-state index in [-0.39, 0.29) is 11.7 Å². The van der Waals surface area contributed by atoms with Gasteiger partial charge in [-0.05, 0) is 29.8 Å². The van der Waals surface area contributed by atoms with Crippen LogP contribution in [0.4, 0.5) is 16.4 Å². The highest BCUT2D eigenvalue weighted by molar-refractivity contribution is 7.90. The summed E-state index contributed by atoms with van der Waals surface area (Å²) >= 11 is 5.78. The van der Waals surface area contributed by atoms with Crippen molar-refractivity contribution in [1.82, 2.24) is 14.8 Å². The third-order valence-corrected chi connectivity index (χ3v) is 5.07. The van der Waals surface area contributed by atoms with Gasteiger partial charge in [-0.3, -0.25) is 0 Å². The van der Waals surface area contributed by atoms with Crippen LogP contribution in [0.1, 0.15) is 5.56 Å². The summed E-state index contributed by atoms with van der Waals surface area (Å²) in [5, 5.41) is 6.28. The fourth-order valence-corrected chi connectivity index (χ4v) is 3.48. The normalized spacial score (nSPS) is 11.3. The molecule has 134 valence electrons. The van der Waals surface area contributed by atoms with E-state index in [4.69, 9.17) is 17.3 Å². The molecule has 0 spiro atoms. The second kappa shape index (κ2) is 7.14. The molecule has 1 heterocycles. The summed E-state index contributed by atoms with van der Waals surface area (Å²) in [5.41, 5.74) is 6.68. The van der Waals surface area contributed by atoms with Gasteiger partial charge >= 0.3 is 6.03 Å². The molecule has 0 bridgehead atoms. The molecule has 3 N–H and O–H groups in total. The number of sulfone groups is 1. The molecule has 0 aliphatic carbocycles. The molecule has 3 rings (SSSR count). The maximum absolute atomic E-state index is 12.4. The van der Waals surface area contributed by atoms with Crippen LogP contribution in [0.5, 0.6) is 0 Å². The minimum absolute atomic E-state index is 0.296. The number of nitrogens with zero attached hydrogens (tertiary/aromatic N) is 3. The molecule has 0 fully saturated rings. The Hall–Kier alpha value is -2.91. The lowest BCUT2D eigenvalue weighted by molar-refractivity contribution is 0.251. The van der Waals surface area contributed by atoms with Crippen molar-refractivity contribution in [1.29, 1.82) is 0 Å². The maximum Gasteiger partial charge on any atom is 0.349 e. The Morgan fingerprint density at radius 3 is 2.42 bits per heavy atom. The van der Waals surface area contributed by atoms with Crippen molar-refractivity contribution in [3.63, 3.8) is 0 Å². The van der Waals surface area contributed by atoms with E-state index in [2.05, 4.69) is 15.4 Å². The van der Waals surface area contributed by atoms with Crippen LogP contribution in [-0.2, 0) is 15.6 Å². The number of nitrogens with two attached hydrogens (primary N) is 1. The average molecular weight is 392 g/mol. The summed E-state index contributed by atoms with van der Waals surface area (Å²) in [7, 11) is -3.85. The van der Waals surface area contributed by atoms with E-state index in [0.29, 0.717) is 21.0 Å². The van der Waals surface area contributed by atoms with E-state index in [1.54, 1.807) is 54.6 Å². The van der Waals surface area contributed by atoms with Gasteiger partial charge in [-0.1, -0.05) is 41.9 Å². The minimum atomic E-state index is -3.85. The molecule has 8 nitrogen and oxygen atoms in total. The van der Waals surface area contributed by atoms with Crippen LogP contribution < -0.4 is 11.1 Å². The van der Waals surface area contributed by atoms with Crippen LogP contribution >= 0.6 is 11.6 Å². The monoisotopic (exact) mass is 391 g/mol. The highest BCUT2D eigenvalue weighted by Crippen LogP contribution is 2.16. The highest BCUT2D eigenvalue weighted by Gasteiger charge is 2.24. The molecule has 0 atom stereocenters. The van der Waals surface area contributed by atoms with Crippen molar-refractivity contribution < 1.29 is 13.2 Å². The molecule has 3 aromatic rings. The third kappa shape index (κ3) is 4.01. The number of anilines is 2. The Morgan fingerprint density at radius 1 is 1.12 bits per heavy atom. The molecule has 10 heteroatoms. The molecule has 0 saturated heterocycles. The standard InChI is InChI=1S/C16H14ClN5O3S/c17-12-6-8-13(9-7-12)19-16(23)22-14(18)20-15(21-22)26(24,25)10-11-4-2-1-3-5-11/h1-9H,10H2,(H,19,23)(H2,18,20,21). The van der Waals surface area contributed by atoms with Crippen molar-refractivity contribution in [2.24, 2.45) is 0 Å². The van der Waals surface area contributed by atoms with E-state index in [0.717, 1.165) is 0 Å². The number of aromatic nitrogens is 3. The Kier molecular flexibility index (Phi) is 4.92. The first-order chi connectivity index (χ1) is 12.3. The molecule has 0 unspecified atom stereocenters. The first-order valence-corrected chi connectivity index (χ1v) is 9.44. The van der Waals surface area contributed by atoms with Crippen LogP contribution in [0.15, 0.2) is 59.8 Å². The van der Waals surface area contributed by atoms with E-state index < -0.39 is 21.0 Å². The zero-order valence-electron chi connectivity index (χ0n) is 13.3. The summed E-state index contributed by atoms with van der Waals surface area (Å²) in [6, 6.07) is 14.2. The zero-order valence-corrected chi connectivity index (χ0v) is 14.9. The Labute approximate surface area is 154 Å². The number of hydrogen-bond donors (Lipinski definition) is 2. The topological polar surface area (TPSA) is 120 Å². The van der Waals surface area contributed by atoms with Gasteiger partial charge in [0.05, 0.1) is 5.75 Å². The second-order valence-corrected chi connectivity index (χ2v) is 7.67. The number of nitrogen functional groups attached to an aromatic ring is 1. The zero-order chi connectivity index (χ0) is 18.7. The second-order valence-electron chi connectivity index (χ2n) is 5.35. The Morgan fingerprint density at radius 2 is 1.77 bits per heavy atom. The lowest BCUT2D eigenvalue weighted by Crippen LogP contribution is -2.22. The fraction of sp³-hybridized carbons (Fsp3) is 0.0625. The van der Waals surface area contributed by atoms with Gasteiger partial charge in [-0.2, -0.15) is 4.98 Å². The lowest BCUT2D eigenvalue weighted by Gasteiger charge is -2.05. The van der Waals surface area contributed by atoms with Gasteiger partial charge in [0.15, 0.2) is 0 Å². The number of amides is 1. The number of carbonyl (C=O) groups excluding carboxylic acids is 1. The quantitative estimate of drug-likeness (QED) is 0.705. The van der Waals surface area contributed by atoms with Crippen LogP contribution in [0.2, 0.25) is 5.02 Å². The molecule has 26 heavy (non-hydrogen) atoms. The SMILES string of the molecule is Nc1nc(S(=O)(=O)Cc2ccccc2)nn1C(=O)Nc1ccc(Cl)cc1. The summed E-state index contributed by atoms with van der Waals surface area (Å²) < 4.78 is 25.6. The minimum Gasteiger partial charge on any atom is -0.368 e. The number of nitrogens with one attached hydrogen (secondary N) is 1. The summed E-state index contributed by atoms with van der Waals surface area (Å²) in [5.74, 6) is -0.626. The molecule has 0 saturated carbocycles. The fourth-order valence-electron chi connectivity index (χ4n) is 2.15. The highest BCUT2D eigenvalue weighted by atomic mass is 35.5. The largest absolute Gasteiger partial charge is 0.368 e. The van der Waals surface area contributed by atoms with Gasteiger partial charge in [-0.15, -0.1) is 9.78 Å². The number of carbonyl (C=O) groups is 1. The molecule has 1 aromatic heterocycles. The van der Waals surface area contributed by atoms with Crippen molar-refractivity contribution in [2.75, 3.05) is 11.1 Å². The van der Waals surface area contributed by atoms with Gasteiger partial charge in [0.2, 0.25) is 15.8 Å². The molecule has 0 radical (unpaired) electrons. The summed E-state index contributed by atoms with van der Waals surface area (Å²) in [4.78, 5) is 16.0. The number of halogens is 1. The van der Waals surface area contributed by atoms with Crippen LogP contribution in [0.25, 0.3) is 0 Å². The van der Waals surface area contributed by atoms with Crippen molar-refractivity contribution >= 4 is 39.1 Å². The summed E-state index contributed by atoms with van der Waals surface area (Å²) in [6.07, 6.45) is 0. The van der Waals surface area contributed by atoms with Crippen LogP contribution in [0.3, 0.4) is 0 Å². The number of hydrogen-bond acceptors (Lipinski definition) is 6.